The number of methoxy groups -OCH3 is 1. The van der Waals surface area contributed by atoms with Crippen LogP contribution < -0.4 is 4.74 Å². The molecule has 224 valence electrons. The fourth-order valence-electron chi connectivity index (χ4n) is 6.53. The van der Waals surface area contributed by atoms with Gasteiger partial charge >= 0.3 is 0 Å². The molecule has 0 atom stereocenters. The van der Waals surface area contributed by atoms with Crippen molar-refractivity contribution in [2.75, 3.05) is 7.11 Å². The van der Waals surface area contributed by atoms with Crippen molar-refractivity contribution in [3.8, 4) is 39.4 Å². The van der Waals surface area contributed by atoms with E-state index in [1.54, 1.807) is 7.11 Å². The van der Waals surface area contributed by atoms with Crippen LogP contribution in [0.25, 0.3) is 33.6 Å². The van der Waals surface area contributed by atoms with E-state index in [-0.39, 0.29) is 0 Å². The third-order valence-corrected chi connectivity index (χ3v) is 8.51. The molecule has 6 heteroatoms. The van der Waals surface area contributed by atoms with Crippen molar-refractivity contribution in [3.63, 3.8) is 0 Å². The predicted octanol–water partition coefficient (Wildman–Crippen LogP) is 8.53. The number of aromatic nitrogens is 5. The first kappa shape index (κ1) is 28.9. The molecule has 0 spiro atoms. The third-order valence-electron chi connectivity index (χ3n) is 8.51. The Morgan fingerprint density at radius 2 is 1.04 bits per heavy atom. The van der Waals surface area contributed by atoms with Crippen molar-refractivity contribution in [1.82, 2.24) is 25.2 Å². The smallest absolute Gasteiger partial charge is 0.184 e. The van der Waals surface area contributed by atoms with E-state index in [0.29, 0.717) is 5.82 Å². The molecule has 0 bridgehead atoms. The molecule has 7 rings (SSSR count). The lowest BCUT2D eigenvalue weighted by Gasteiger charge is -2.36. The zero-order valence-corrected chi connectivity index (χ0v) is 26.0. The van der Waals surface area contributed by atoms with Gasteiger partial charge in [0.2, 0.25) is 0 Å². The Morgan fingerprint density at radius 1 is 0.565 bits per heavy atom. The molecular formula is C40H33N5O. The van der Waals surface area contributed by atoms with Crippen LogP contribution in [0.15, 0.2) is 146 Å². The van der Waals surface area contributed by atoms with Gasteiger partial charge in [0, 0.05) is 16.8 Å². The molecular weight excluding hydrogens is 566 g/mol. The maximum absolute atomic E-state index is 5.74. The molecule has 0 aliphatic carbocycles. The topological polar surface area (TPSA) is 65.7 Å². The summed E-state index contributed by atoms with van der Waals surface area (Å²) in [4.78, 5) is 4.58. The van der Waals surface area contributed by atoms with Crippen molar-refractivity contribution in [2.45, 2.75) is 19.4 Å². The van der Waals surface area contributed by atoms with Gasteiger partial charge in [-0.15, -0.1) is 5.10 Å². The van der Waals surface area contributed by atoms with Crippen molar-refractivity contribution < 1.29 is 4.74 Å². The van der Waals surface area contributed by atoms with Gasteiger partial charge in [0.15, 0.2) is 5.82 Å². The van der Waals surface area contributed by atoms with E-state index in [9.17, 15) is 0 Å². The summed E-state index contributed by atoms with van der Waals surface area (Å²) in [7, 11) is 1.69. The van der Waals surface area contributed by atoms with Gasteiger partial charge in [0.05, 0.1) is 12.8 Å². The number of tetrazole rings is 1. The van der Waals surface area contributed by atoms with Crippen molar-refractivity contribution in [3.05, 3.63) is 174 Å². The Hall–Kier alpha value is -5.88. The average Bonchev–Trinajstić information content (AvgIpc) is 3.60. The monoisotopic (exact) mass is 599 g/mol. The molecule has 0 radical (unpaired) electrons. The molecule has 0 fully saturated rings. The van der Waals surface area contributed by atoms with Gasteiger partial charge in [-0.25, -0.2) is 4.68 Å². The number of hydrogen-bond donors (Lipinski definition) is 0. The molecule has 5 aromatic carbocycles. The second-order valence-electron chi connectivity index (χ2n) is 11.3. The van der Waals surface area contributed by atoms with Gasteiger partial charge in [-0.05, 0) is 63.7 Å². The van der Waals surface area contributed by atoms with E-state index >= 15 is 0 Å². The molecule has 0 N–H and O–H groups in total. The highest BCUT2D eigenvalue weighted by Gasteiger charge is 2.42. The number of nitrogens with zero attached hydrogens (tertiary/aromatic N) is 5. The fraction of sp³-hybridized carbons (Fsp3) is 0.100. The number of benzene rings is 5. The molecule has 0 aliphatic rings. The summed E-state index contributed by atoms with van der Waals surface area (Å²) in [5.41, 5.74) is 9.25. The molecule has 2 heterocycles. The van der Waals surface area contributed by atoms with E-state index in [1.807, 2.05) is 42.8 Å². The minimum absolute atomic E-state index is 0.665. The first-order chi connectivity index (χ1) is 22.6. The number of hydrogen-bond acceptors (Lipinski definition) is 5. The summed E-state index contributed by atoms with van der Waals surface area (Å²) < 4.78 is 7.72. The van der Waals surface area contributed by atoms with Crippen LogP contribution in [0.1, 0.15) is 28.1 Å². The Bertz CT molecular complexity index is 1990. The van der Waals surface area contributed by atoms with Crippen molar-refractivity contribution in [2.24, 2.45) is 0 Å². The molecule has 46 heavy (non-hydrogen) atoms. The van der Waals surface area contributed by atoms with Gasteiger partial charge in [-0.3, -0.25) is 4.98 Å². The van der Waals surface area contributed by atoms with E-state index in [1.165, 1.54) is 0 Å². The quantitative estimate of drug-likeness (QED) is 0.164. The van der Waals surface area contributed by atoms with Crippen LogP contribution in [0, 0.1) is 13.8 Å². The molecule has 0 unspecified atom stereocenters. The Balaban J connectivity index is 1.42. The zero-order chi connectivity index (χ0) is 31.5. The summed E-state index contributed by atoms with van der Waals surface area (Å²) >= 11 is 0. The molecule has 6 nitrogen and oxygen atoms in total. The summed E-state index contributed by atoms with van der Waals surface area (Å²) in [6, 6.07) is 50.3. The number of pyridine rings is 1. The molecule has 2 aromatic heterocycles. The second-order valence-corrected chi connectivity index (χ2v) is 11.3. The van der Waals surface area contributed by atoms with Crippen LogP contribution in [0.3, 0.4) is 0 Å². The standard InChI is InChI=1S/C40H33N5O/c1-28-27-37(38(46-3)29(2)41-28)31-25-23-30(24-26-31)35-21-13-14-22-36(35)39-42-43-44-45(39)40(32-15-7-4-8-16-32,33-17-9-5-10-18-33)34-19-11-6-12-20-34/h4-27H,1-3H3. The van der Waals surface area contributed by atoms with Crippen LogP contribution in [0.4, 0.5) is 0 Å². The first-order valence-corrected chi connectivity index (χ1v) is 15.3. The maximum Gasteiger partial charge on any atom is 0.184 e. The van der Waals surface area contributed by atoms with Gasteiger partial charge in [0.1, 0.15) is 11.3 Å². The zero-order valence-electron chi connectivity index (χ0n) is 26.0. The van der Waals surface area contributed by atoms with Crippen LogP contribution in [0.2, 0.25) is 0 Å². The lowest BCUT2D eigenvalue weighted by atomic mass is 9.77. The normalized spacial score (nSPS) is 11.4. The van der Waals surface area contributed by atoms with Crippen LogP contribution in [-0.2, 0) is 5.54 Å². The predicted molar refractivity (Wildman–Crippen MR) is 183 cm³/mol. The summed E-state index contributed by atoms with van der Waals surface area (Å²) in [6.45, 7) is 3.98. The Morgan fingerprint density at radius 3 is 1.57 bits per heavy atom. The fourth-order valence-corrected chi connectivity index (χ4v) is 6.53. The van der Waals surface area contributed by atoms with Crippen molar-refractivity contribution in [1.29, 1.82) is 0 Å². The SMILES string of the molecule is COc1c(-c2ccc(-c3ccccc3-c3nnnn3C(c3ccccc3)(c3ccccc3)c3ccccc3)cc2)cc(C)nc1C. The minimum atomic E-state index is -0.840. The summed E-state index contributed by atoms with van der Waals surface area (Å²) in [5.74, 6) is 1.45. The Labute approximate surface area is 269 Å². The highest BCUT2D eigenvalue weighted by Crippen LogP contribution is 2.43. The van der Waals surface area contributed by atoms with Crippen LogP contribution in [0.5, 0.6) is 5.75 Å². The van der Waals surface area contributed by atoms with E-state index in [0.717, 1.165) is 61.6 Å². The van der Waals surface area contributed by atoms with Gasteiger partial charge in [-0.1, -0.05) is 140 Å². The van der Waals surface area contributed by atoms with Gasteiger partial charge < -0.3 is 4.74 Å². The molecule has 0 amide bonds. The molecule has 0 aliphatic heterocycles. The molecule has 7 aromatic rings. The average molecular weight is 600 g/mol. The third kappa shape index (κ3) is 4.94. The number of rotatable bonds is 8. The lowest BCUT2D eigenvalue weighted by Crippen LogP contribution is -2.39. The van der Waals surface area contributed by atoms with Crippen molar-refractivity contribution >= 4 is 0 Å². The van der Waals surface area contributed by atoms with E-state index < -0.39 is 5.54 Å². The Kier molecular flexibility index (Phi) is 7.69. The molecule has 0 saturated heterocycles. The summed E-state index contributed by atoms with van der Waals surface area (Å²) in [5, 5.41) is 13.8. The summed E-state index contributed by atoms with van der Waals surface area (Å²) in [6.07, 6.45) is 0. The molecule has 0 saturated carbocycles. The van der Waals surface area contributed by atoms with E-state index in [2.05, 4.69) is 132 Å². The van der Waals surface area contributed by atoms with E-state index in [4.69, 9.17) is 15.0 Å². The second kappa shape index (κ2) is 12.3. The first-order valence-electron chi connectivity index (χ1n) is 15.3. The maximum atomic E-state index is 5.74. The highest BCUT2D eigenvalue weighted by atomic mass is 16.5. The number of aryl methyl sites for hydroxylation is 2. The van der Waals surface area contributed by atoms with Gasteiger partial charge in [-0.2, -0.15) is 0 Å². The minimum Gasteiger partial charge on any atom is -0.494 e. The van der Waals surface area contributed by atoms with Crippen LogP contribution >= 0.6 is 0 Å². The number of ether oxygens (including phenoxy) is 1. The van der Waals surface area contributed by atoms with Crippen LogP contribution in [-0.4, -0.2) is 32.3 Å². The highest BCUT2D eigenvalue weighted by molar-refractivity contribution is 5.83. The lowest BCUT2D eigenvalue weighted by molar-refractivity contribution is 0.410. The largest absolute Gasteiger partial charge is 0.494 e. The van der Waals surface area contributed by atoms with Gasteiger partial charge in [0.25, 0.3) is 0 Å².